The van der Waals surface area contributed by atoms with E-state index in [1.165, 1.54) is 12.1 Å². The summed E-state index contributed by atoms with van der Waals surface area (Å²) in [4.78, 5) is 25.0. The maximum absolute atomic E-state index is 11.6. The lowest BCUT2D eigenvalue weighted by Crippen LogP contribution is -2.25. The second-order valence-corrected chi connectivity index (χ2v) is 3.22. The van der Waals surface area contributed by atoms with Crippen molar-refractivity contribution in [3.63, 3.8) is 0 Å². The van der Waals surface area contributed by atoms with E-state index in [9.17, 15) is 9.59 Å². The van der Waals surface area contributed by atoms with Gasteiger partial charge in [0.05, 0.1) is 6.20 Å². The zero-order valence-corrected chi connectivity index (χ0v) is 8.36. The Kier molecular flexibility index (Phi) is 2.81. The Labute approximate surface area is 90.7 Å². The molecular weight excluding hydrogens is 208 g/mol. The molecule has 0 atom stereocenters. The summed E-state index contributed by atoms with van der Waals surface area (Å²) >= 11 is 0. The summed E-state index contributed by atoms with van der Waals surface area (Å²) in [6.07, 6.45) is 3.31. The van der Waals surface area contributed by atoms with E-state index in [2.05, 4.69) is 20.5 Å². The molecule has 0 unspecified atom stereocenters. The Balaban J connectivity index is 2.01. The van der Waals surface area contributed by atoms with Crippen molar-refractivity contribution in [1.82, 2.24) is 20.5 Å². The standard InChI is InChI=1S/C10H10N4O2/c15-9-3-1-2-8(14-9)10(16)11-4-7-5-12-13-6-7/h1-3,5-6H,4H2,(H,11,16)(H,12,13)(H,14,15). The molecule has 3 N–H and O–H groups in total. The molecule has 1 amide bonds. The highest BCUT2D eigenvalue weighted by molar-refractivity contribution is 5.92. The number of nitrogens with one attached hydrogen (secondary N) is 3. The van der Waals surface area contributed by atoms with Crippen LogP contribution in [0.15, 0.2) is 35.4 Å². The molecule has 16 heavy (non-hydrogen) atoms. The van der Waals surface area contributed by atoms with Crippen molar-refractivity contribution < 1.29 is 4.79 Å². The second kappa shape index (κ2) is 4.43. The average Bonchev–Trinajstić information content (AvgIpc) is 2.78. The highest BCUT2D eigenvalue weighted by atomic mass is 16.2. The Hall–Kier alpha value is -2.37. The van der Waals surface area contributed by atoms with Crippen molar-refractivity contribution in [3.05, 3.63) is 52.2 Å². The van der Waals surface area contributed by atoms with E-state index in [1.54, 1.807) is 18.5 Å². The maximum atomic E-state index is 11.6. The first kappa shape index (κ1) is 10.2. The molecule has 0 saturated heterocycles. The first-order chi connectivity index (χ1) is 7.75. The first-order valence-electron chi connectivity index (χ1n) is 4.71. The summed E-state index contributed by atoms with van der Waals surface area (Å²) in [5.74, 6) is -0.320. The third-order valence-electron chi connectivity index (χ3n) is 2.02. The summed E-state index contributed by atoms with van der Waals surface area (Å²) in [6, 6.07) is 4.44. The van der Waals surface area contributed by atoms with E-state index in [0.717, 1.165) is 5.56 Å². The molecule has 6 nitrogen and oxygen atoms in total. The van der Waals surface area contributed by atoms with Gasteiger partial charge in [0.1, 0.15) is 5.69 Å². The molecule has 0 saturated carbocycles. The minimum absolute atomic E-state index is 0.246. The van der Waals surface area contributed by atoms with E-state index in [1.807, 2.05) is 0 Å². The van der Waals surface area contributed by atoms with Crippen LogP contribution in [0.1, 0.15) is 16.1 Å². The first-order valence-corrected chi connectivity index (χ1v) is 4.71. The van der Waals surface area contributed by atoms with Gasteiger partial charge in [-0.2, -0.15) is 5.10 Å². The van der Waals surface area contributed by atoms with Gasteiger partial charge in [0.25, 0.3) is 5.91 Å². The van der Waals surface area contributed by atoms with Crippen LogP contribution in [0.3, 0.4) is 0 Å². The largest absolute Gasteiger partial charge is 0.347 e. The van der Waals surface area contributed by atoms with Crippen LogP contribution in [0, 0.1) is 0 Å². The molecule has 0 aliphatic rings. The minimum atomic E-state index is -0.320. The van der Waals surface area contributed by atoms with E-state index in [-0.39, 0.29) is 17.2 Å². The third kappa shape index (κ3) is 2.35. The van der Waals surface area contributed by atoms with Gasteiger partial charge in [-0.05, 0) is 6.07 Å². The summed E-state index contributed by atoms with van der Waals surface area (Å²) in [5, 5.41) is 9.06. The molecule has 0 aromatic carbocycles. The van der Waals surface area contributed by atoms with Gasteiger partial charge in [-0.25, -0.2) is 0 Å². The van der Waals surface area contributed by atoms with E-state index >= 15 is 0 Å². The fourth-order valence-electron chi connectivity index (χ4n) is 1.23. The van der Waals surface area contributed by atoms with E-state index < -0.39 is 0 Å². The number of amides is 1. The summed E-state index contributed by atoms with van der Waals surface area (Å²) < 4.78 is 0. The van der Waals surface area contributed by atoms with Crippen molar-refractivity contribution in [2.24, 2.45) is 0 Å². The van der Waals surface area contributed by atoms with Gasteiger partial charge in [0.15, 0.2) is 0 Å². The molecule has 0 bridgehead atoms. The van der Waals surface area contributed by atoms with Crippen LogP contribution in [0.5, 0.6) is 0 Å². The zero-order valence-electron chi connectivity index (χ0n) is 8.36. The fourth-order valence-corrected chi connectivity index (χ4v) is 1.23. The van der Waals surface area contributed by atoms with Gasteiger partial charge in [0, 0.05) is 24.4 Å². The molecule has 0 radical (unpaired) electrons. The number of hydrogen-bond acceptors (Lipinski definition) is 3. The SMILES string of the molecule is O=C(NCc1cn[nH]c1)c1cccc(=O)[nH]1. The summed E-state index contributed by atoms with van der Waals surface area (Å²) in [6.45, 7) is 0.367. The summed E-state index contributed by atoms with van der Waals surface area (Å²) in [5.41, 5.74) is 0.818. The molecule has 0 fully saturated rings. The lowest BCUT2D eigenvalue weighted by atomic mass is 10.3. The Bertz CT molecular complexity index is 530. The number of carbonyl (C=O) groups is 1. The minimum Gasteiger partial charge on any atom is -0.347 e. The average molecular weight is 218 g/mol. The Morgan fingerprint density at radius 1 is 1.44 bits per heavy atom. The quantitative estimate of drug-likeness (QED) is 0.678. The van der Waals surface area contributed by atoms with Gasteiger partial charge in [-0.1, -0.05) is 6.07 Å². The van der Waals surface area contributed by atoms with E-state index in [4.69, 9.17) is 0 Å². The second-order valence-electron chi connectivity index (χ2n) is 3.22. The third-order valence-corrected chi connectivity index (χ3v) is 2.02. The monoisotopic (exact) mass is 218 g/mol. The van der Waals surface area contributed by atoms with Crippen molar-refractivity contribution in [2.45, 2.75) is 6.54 Å². The predicted octanol–water partition coefficient (Wildman–Crippen LogP) is 0.0280. The Morgan fingerprint density at radius 3 is 3.00 bits per heavy atom. The van der Waals surface area contributed by atoms with Crippen LogP contribution in [0.4, 0.5) is 0 Å². The molecular formula is C10H10N4O2. The molecule has 0 aliphatic heterocycles. The van der Waals surface area contributed by atoms with Gasteiger partial charge in [-0.15, -0.1) is 0 Å². The number of hydrogen-bond donors (Lipinski definition) is 3. The van der Waals surface area contributed by atoms with Crippen molar-refractivity contribution in [2.75, 3.05) is 0 Å². The highest BCUT2D eigenvalue weighted by Gasteiger charge is 2.05. The summed E-state index contributed by atoms with van der Waals surface area (Å²) in [7, 11) is 0. The van der Waals surface area contributed by atoms with Crippen LogP contribution >= 0.6 is 0 Å². The predicted molar refractivity (Wildman–Crippen MR) is 56.8 cm³/mol. The van der Waals surface area contributed by atoms with Gasteiger partial charge < -0.3 is 10.3 Å². The van der Waals surface area contributed by atoms with Gasteiger partial charge in [0.2, 0.25) is 5.56 Å². The molecule has 2 aromatic heterocycles. The number of H-pyrrole nitrogens is 2. The highest BCUT2D eigenvalue weighted by Crippen LogP contribution is 1.95. The molecule has 82 valence electrons. The zero-order chi connectivity index (χ0) is 11.4. The lowest BCUT2D eigenvalue weighted by Gasteiger charge is -2.02. The number of aromatic amines is 2. The van der Waals surface area contributed by atoms with Crippen LogP contribution in [-0.2, 0) is 6.54 Å². The topological polar surface area (TPSA) is 90.6 Å². The van der Waals surface area contributed by atoms with Crippen molar-refractivity contribution >= 4 is 5.91 Å². The van der Waals surface area contributed by atoms with Crippen LogP contribution < -0.4 is 10.9 Å². The maximum Gasteiger partial charge on any atom is 0.268 e. The normalized spacial score (nSPS) is 10.0. The number of rotatable bonds is 3. The number of nitrogens with zero attached hydrogens (tertiary/aromatic N) is 1. The van der Waals surface area contributed by atoms with Gasteiger partial charge >= 0.3 is 0 Å². The van der Waals surface area contributed by atoms with Crippen LogP contribution in [0.25, 0.3) is 0 Å². The number of carbonyl (C=O) groups excluding carboxylic acids is 1. The number of pyridine rings is 1. The smallest absolute Gasteiger partial charge is 0.268 e. The fraction of sp³-hybridized carbons (Fsp3) is 0.100. The van der Waals surface area contributed by atoms with Crippen molar-refractivity contribution in [3.8, 4) is 0 Å². The van der Waals surface area contributed by atoms with Crippen molar-refractivity contribution in [1.29, 1.82) is 0 Å². The van der Waals surface area contributed by atoms with Crippen LogP contribution in [0.2, 0.25) is 0 Å². The molecule has 6 heteroatoms. The molecule has 0 spiro atoms. The Morgan fingerprint density at radius 2 is 2.31 bits per heavy atom. The molecule has 0 aliphatic carbocycles. The molecule has 2 rings (SSSR count). The van der Waals surface area contributed by atoms with E-state index in [0.29, 0.717) is 6.54 Å². The molecule has 2 aromatic rings. The van der Waals surface area contributed by atoms with Gasteiger partial charge in [-0.3, -0.25) is 14.7 Å². The number of aromatic nitrogens is 3. The van der Waals surface area contributed by atoms with Crippen LogP contribution in [-0.4, -0.2) is 21.1 Å². The lowest BCUT2D eigenvalue weighted by molar-refractivity contribution is 0.0945. The molecule has 2 heterocycles.